The molecule has 4 aromatic rings. The Labute approximate surface area is 239 Å². The normalized spacial score (nSPS) is 12.2. The van der Waals surface area contributed by atoms with Gasteiger partial charge in [-0.3, -0.25) is 0 Å². The van der Waals surface area contributed by atoms with E-state index in [1.807, 2.05) is 30.3 Å². The molecule has 10 nitrogen and oxygen atoms in total. The standard InChI is InChI=1S/C28H28N6O4S2/c1-5-24(35)37-25(6-2)38-27(36)18-9-11-19(12-10-18)30-32-23-17-22-26(40-23)29-28(39-22)33-31-20-13-15-21(16-14-20)34(7-3)8-4/h5,9-17,25H,1,6-8H2,2-4H3. The molecule has 2 aromatic heterocycles. The molecule has 0 spiro atoms. The molecule has 0 amide bonds. The summed E-state index contributed by atoms with van der Waals surface area (Å²) in [5.41, 5.74) is 2.79. The van der Waals surface area contributed by atoms with Gasteiger partial charge >= 0.3 is 11.9 Å². The largest absolute Gasteiger partial charge is 0.422 e. The average Bonchev–Trinajstić information content (AvgIpc) is 3.54. The Kier molecular flexibility index (Phi) is 9.81. The summed E-state index contributed by atoms with van der Waals surface area (Å²) in [4.78, 5) is 31.3. The van der Waals surface area contributed by atoms with Crippen LogP contribution in [0.2, 0.25) is 0 Å². The SMILES string of the molecule is C=CC(=O)OC(CC)OC(=O)c1ccc(N=Nc2cc3sc(N=Nc4ccc(N(CC)CC)cc4)nc3s2)cc1. The van der Waals surface area contributed by atoms with Crippen LogP contribution in [-0.4, -0.2) is 36.3 Å². The molecule has 0 aliphatic heterocycles. The fourth-order valence-corrected chi connectivity index (χ4v) is 5.40. The monoisotopic (exact) mass is 576 g/mol. The number of aromatic nitrogens is 1. The topological polar surface area (TPSA) is 118 Å². The lowest BCUT2D eigenvalue weighted by molar-refractivity contribution is -0.162. The molecule has 0 N–H and O–H groups in total. The molecule has 0 saturated heterocycles. The maximum Gasteiger partial charge on any atom is 0.341 e. The first-order valence-electron chi connectivity index (χ1n) is 12.6. The van der Waals surface area contributed by atoms with Gasteiger partial charge in [-0.2, -0.15) is 0 Å². The van der Waals surface area contributed by atoms with Gasteiger partial charge in [-0.15, -0.1) is 20.5 Å². The molecule has 12 heteroatoms. The van der Waals surface area contributed by atoms with Crippen LogP contribution in [0.1, 0.15) is 37.6 Å². The third-order valence-electron chi connectivity index (χ3n) is 5.65. The number of azo groups is 2. The zero-order valence-electron chi connectivity index (χ0n) is 22.3. The molecule has 2 aromatic carbocycles. The van der Waals surface area contributed by atoms with Crippen LogP contribution in [0.25, 0.3) is 9.53 Å². The van der Waals surface area contributed by atoms with Gasteiger partial charge in [0.1, 0.15) is 9.83 Å². The summed E-state index contributed by atoms with van der Waals surface area (Å²) < 4.78 is 11.2. The minimum absolute atomic E-state index is 0.300. The van der Waals surface area contributed by atoms with Crippen LogP contribution in [0.4, 0.5) is 27.2 Å². The maximum atomic E-state index is 12.3. The van der Waals surface area contributed by atoms with E-state index in [1.165, 1.54) is 22.7 Å². The fraction of sp³-hybridized carbons (Fsp3) is 0.250. The number of esters is 2. The van der Waals surface area contributed by atoms with Crippen molar-refractivity contribution in [2.75, 3.05) is 18.0 Å². The number of thiazole rings is 1. The first-order valence-corrected chi connectivity index (χ1v) is 14.3. The number of hydrogen-bond donors (Lipinski definition) is 0. The Morgan fingerprint density at radius 2 is 1.57 bits per heavy atom. The van der Waals surface area contributed by atoms with Gasteiger partial charge in [0.05, 0.1) is 21.6 Å². The number of benzene rings is 2. The minimum atomic E-state index is -0.982. The molecule has 2 heterocycles. The predicted octanol–water partition coefficient (Wildman–Crippen LogP) is 8.66. The van der Waals surface area contributed by atoms with Crippen molar-refractivity contribution in [3.8, 4) is 0 Å². The summed E-state index contributed by atoms with van der Waals surface area (Å²) >= 11 is 2.83. The van der Waals surface area contributed by atoms with Crippen LogP contribution in [-0.2, 0) is 14.3 Å². The van der Waals surface area contributed by atoms with Crippen molar-refractivity contribution in [3.05, 3.63) is 72.8 Å². The Bertz CT molecular complexity index is 1490. The molecular formula is C28H28N6O4S2. The van der Waals surface area contributed by atoms with E-state index >= 15 is 0 Å². The molecule has 0 aliphatic rings. The Balaban J connectivity index is 1.35. The van der Waals surface area contributed by atoms with Crippen molar-refractivity contribution >= 4 is 71.3 Å². The van der Waals surface area contributed by atoms with Gasteiger partial charge in [0.2, 0.25) is 11.4 Å². The highest BCUT2D eigenvalue weighted by molar-refractivity contribution is 7.30. The molecular weight excluding hydrogens is 548 g/mol. The molecule has 1 atom stereocenters. The number of carbonyl (C=O) groups excluding carboxylic acids is 2. The molecule has 40 heavy (non-hydrogen) atoms. The zero-order chi connectivity index (χ0) is 28.5. The van der Waals surface area contributed by atoms with E-state index in [1.54, 1.807) is 31.2 Å². The lowest BCUT2D eigenvalue weighted by atomic mass is 10.2. The summed E-state index contributed by atoms with van der Waals surface area (Å²) in [6, 6.07) is 16.3. The number of nitrogens with zero attached hydrogens (tertiary/aromatic N) is 6. The number of anilines is 1. The van der Waals surface area contributed by atoms with E-state index in [0.717, 1.165) is 40.1 Å². The number of ether oxygens (including phenoxy) is 2. The fourth-order valence-electron chi connectivity index (χ4n) is 3.55. The number of rotatable bonds is 12. The average molecular weight is 577 g/mol. The van der Waals surface area contributed by atoms with Crippen LogP contribution >= 0.6 is 22.7 Å². The number of carbonyl (C=O) groups is 2. The van der Waals surface area contributed by atoms with Crippen molar-refractivity contribution in [1.29, 1.82) is 0 Å². The van der Waals surface area contributed by atoms with Gasteiger partial charge in [-0.1, -0.05) is 36.2 Å². The summed E-state index contributed by atoms with van der Waals surface area (Å²) in [7, 11) is 0. The third kappa shape index (κ3) is 7.42. The molecule has 0 aliphatic carbocycles. The highest BCUT2D eigenvalue weighted by Gasteiger charge is 2.17. The summed E-state index contributed by atoms with van der Waals surface area (Å²) in [5.74, 6) is -1.27. The van der Waals surface area contributed by atoms with E-state index in [2.05, 4.69) is 50.8 Å². The highest BCUT2D eigenvalue weighted by Crippen LogP contribution is 2.39. The Hall–Kier alpha value is -4.29. The predicted molar refractivity (Wildman–Crippen MR) is 158 cm³/mol. The second-order valence-corrected chi connectivity index (χ2v) is 10.3. The minimum Gasteiger partial charge on any atom is -0.422 e. The van der Waals surface area contributed by atoms with Crippen LogP contribution in [0, 0.1) is 0 Å². The van der Waals surface area contributed by atoms with Crippen molar-refractivity contribution in [2.45, 2.75) is 33.5 Å². The van der Waals surface area contributed by atoms with E-state index in [0.29, 0.717) is 27.8 Å². The zero-order valence-corrected chi connectivity index (χ0v) is 23.9. The van der Waals surface area contributed by atoms with Gasteiger partial charge in [0.15, 0.2) is 0 Å². The van der Waals surface area contributed by atoms with Crippen molar-refractivity contribution in [3.63, 3.8) is 0 Å². The van der Waals surface area contributed by atoms with E-state index in [9.17, 15) is 9.59 Å². The lowest BCUT2D eigenvalue weighted by Crippen LogP contribution is -2.23. The van der Waals surface area contributed by atoms with Gasteiger partial charge in [0, 0.05) is 31.3 Å². The first kappa shape index (κ1) is 28.7. The molecule has 4 rings (SSSR count). The van der Waals surface area contributed by atoms with Crippen LogP contribution in [0.3, 0.4) is 0 Å². The van der Waals surface area contributed by atoms with Crippen LogP contribution < -0.4 is 4.90 Å². The van der Waals surface area contributed by atoms with E-state index < -0.39 is 18.2 Å². The van der Waals surface area contributed by atoms with Gasteiger partial charge in [-0.05, 0) is 68.4 Å². The van der Waals surface area contributed by atoms with Crippen molar-refractivity contribution in [1.82, 2.24) is 4.98 Å². The number of hydrogen-bond acceptors (Lipinski definition) is 12. The van der Waals surface area contributed by atoms with E-state index in [-0.39, 0.29) is 0 Å². The Morgan fingerprint density at radius 3 is 2.17 bits per heavy atom. The third-order valence-corrected chi connectivity index (χ3v) is 7.58. The second kappa shape index (κ2) is 13.7. The first-order chi connectivity index (χ1) is 19.4. The molecule has 0 saturated carbocycles. The number of fused-ring (bicyclic) bond motifs is 1. The summed E-state index contributed by atoms with van der Waals surface area (Å²) in [6.07, 6.45) is 0.354. The van der Waals surface area contributed by atoms with Crippen LogP contribution in [0.15, 0.2) is 87.7 Å². The lowest BCUT2D eigenvalue weighted by Gasteiger charge is -2.20. The summed E-state index contributed by atoms with van der Waals surface area (Å²) in [6.45, 7) is 11.2. The molecule has 206 valence electrons. The van der Waals surface area contributed by atoms with Gasteiger partial charge < -0.3 is 14.4 Å². The van der Waals surface area contributed by atoms with Crippen molar-refractivity contribution < 1.29 is 19.1 Å². The van der Waals surface area contributed by atoms with Crippen molar-refractivity contribution in [2.24, 2.45) is 20.5 Å². The molecule has 0 bridgehead atoms. The Morgan fingerprint density at radius 1 is 0.925 bits per heavy atom. The van der Waals surface area contributed by atoms with Gasteiger partial charge in [0.25, 0.3) is 0 Å². The maximum absolute atomic E-state index is 12.3. The van der Waals surface area contributed by atoms with Crippen LogP contribution in [0.5, 0.6) is 0 Å². The smallest absolute Gasteiger partial charge is 0.341 e. The van der Waals surface area contributed by atoms with E-state index in [4.69, 9.17) is 9.47 Å². The molecule has 0 fully saturated rings. The molecule has 0 radical (unpaired) electrons. The van der Waals surface area contributed by atoms with Gasteiger partial charge in [-0.25, -0.2) is 14.6 Å². The quantitative estimate of drug-likeness (QED) is 0.0720. The highest BCUT2D eigenvalue weighted by atomic mass is 32.1. The number of thiophene rings is 1. The molecule has 1 unspecified atom stereocenters. The summed E-state index contributed by atoms with van der Waals surface area (Å²) in [5, 5.41) is 18.4. The second-order valence-electron chi connectivity index (χ2n) is 8.27.